The first-order valence-electron chi connectivity index (χ1n) is 6.30. The van der Waals surface area contributed by atoms with E-state index >= 15 is 0 Å². The van der Waals surface area contributed by atoms with Gasteiger partial charge in [0.05, 0.1) is 10.3 Å². The summed E-state index contributed by atoms with van der Waals surface area (Å²) >= 11 is 5.86. The monoisotopic (exact) mass is 371 g/mol. The van der Waals surface area contributed by atoms with Crippen LogP contribution in [-0.2, 0) is 17.9 Å². The van der Waals surface area contributed by atoms with E-state index < -0.39 is 17.9 Å². The molecule has 7 nitrogen and oxygen atoms in total. The minimum atomic E-state index is -4.76. The van der Waals surface area contributed by atoms with Gasteiger partial charge in [0.1, 0.15) is 11.5 Å². The molecule has 0 amide bonds. The lowest BCUT2D eigenvalue weighted by atomic mass is 10.2. The van der Waals surface area contributed by atoms with Gasteiger partial charge in [0, 0.05) is 6.20 Å². The summed E-state index contributed by atoms with van der Waals surface area (Å²) in [6, 6.07) is 6.88. The predicted molar refractivity (Wildman–Crippen MR) is 85.2 cm³/mol. The van der Waals surface area contributed by atoms with Crippen LogP contribution >= 0.6 is 11.6 Å². The number of fused-ring (bicyclic) bond motifs is 1. The fourth-order valence-corrected chi connectivity index (χ4v) is 5.75. The van der Waals surface area contributed by atoms with Crippen LogP contribution in [0.25, 0.3) is 11.0 Å². The molecule has 120 valence electrons. The van der Waals surface area contributed by atoms with Crippen molar-refractivity contribution >= 4 is 40.6 Å². The highest BCUT2D eigenvalue weighted by Crippen LogP contribution is 2.26. The van der Waals surface area contributed by atoms with Gasteiger partial charge in [-0.05, 0) is 25.1 Å². The third-order valence-corrected chi connectivity index (χ3v) is 8.43. The molecule has 2 aromatic heterocycles. The highest BCUT2D eigenvalue weighted by molar-refractivity contribution is 8.66. The lowest BCUT2D eigenvalue weighted by Gasteiger charge is -2.08. The van der Waals surface area contributed by atoms with E-state index in [1.54, 1.807) is 6.92 Å². The van der Waals surface area contributed by atoms with Crippen LogP contribution in [0.4, 0.5) is 0 Å². The summed E-state index contributed by atoms with van der Waals surface area (Å²) in [6.45, 7) is 1.77. The average Bonchev–Trinajstić information content (AvgIpc) is 2.93. The Morgan fingerprint density at radius 1 is 1.00 bits per heavy atom. The first kappa shape index (κ1) is 15.9. The van der Waals surface area contributed by atoms with Crippen LogP contribution in [-0.4, -0.2) is 30.8 Å². The Kier molecular flexibility index (Phi) is 3.66. The van der Waals surface area contributed by atoms with E-state index in [0.29, 0.717) is 3.97 Å². The van der Waals surface area contributed by atoms with Crippen LogP contribution in [0.2, 0.25) is 5.15 Å². The molecule has 0 saturated heterocycles. The molecule has 0 fully saturated rings. The molecule has 1 aromatic carbocycles. The second kappa shape index (κ2) is 5.29. The van der Waals surface area contributed by atoms with E-state index in [4.69, 9.17) is 11.6 Å². The Morgan fingerprint density at radius 3 is 2.30 bits per heavy atom. The summed E-state index contributed by atoms with van der Waals surface area (Å²) in [4.78, 5) is 7.23. The maximum Gasteiger partial charge on any atom is 0.351 e. The third-order valence-electron chi connectivity index (χ3n) is 3.23. The van der Waals surface area contributed by atoms with Gasteiger partial charge in [-0.15, -0.1) is 0 Å². The van der Waals surface area contributed by atoms with Gasteiger partial charge in [0.25, 0.3) is 0 Å². The SMILES string of the molecule is Cc1ccc(S(=O)(=O)S(=O)(=O)n2ccc3c(Cl)ncnc32)cc1. The first-order chi connectivity index (χ1) is 10.7. The van der Waals surface area contributed by atoms with Gasteiger partial charge in [0.15, 0.2) is 5.65 Å². The van der Waals surface area contributed by atoms with Crippen molar-refractivity contribution in [1.82, 2.24) is 13.9 Å². The van der Waals surface area contributed by atoms with Crippen LogP contribution < -0.4 is 0 Å². The summed E-state index contributed by atoms with van der Waals surface area (Å²) in [5, 5.41) is 0.286. The van der Waals surface area contributed by atoms with E-state index in [0.717, 1.165) is 18.1 Å². The summed E-state index contributed by atoms with van der Waals surface area (Å²) < 4.78 is 50.8. The Balaban J connectivity index is 2.25. The van der Waals surface area contributed by atoms with Gasteiger partial charge in [-0.25, -0.2) is 22.4 Å². The van der Waals surface area contributed by atoms with Crippen molar-refractivity contribution in [3.05, 3.63) is 53.6 Å². The molecule has 0 atom stereocenters. The highest BCUT2D eigenvalue weighted by Gasteiger charge is 2.35. The zero-order chi connectivity index (χ0) is 16.8. The lowest BCUT2D eigenvalue weighted by Crippen LogP contribution is -2.23. The van der Waals surface area contributed by atoms with Gasteiger partial charge < -0.3 is 0 Å². The molecule has 0 N–H and O–H groups in total. The van der Waals surface area contributed by atoms with E-state index in [1.807, 2.05) is 0 Å². The number of benzene rings is 1. The third kappa shape index (κ3) is 2.41. The zero-order valence-electron chi connectivity index (χ0n) is 11.7. The Hall–Kier alpha value is -1.97. The quantitative estimate of drug-likeness (QED) is 0.515. The fraction of sp³-hybridized carbons (Fsp3) is 0.0769. The van der Waals surface area contributed by atoms with Crippen molar-refractivity contribution in [3.8, 4) is 0 Å². The maximum atomic E-state index is 12.6. The normalized spacial score (nSPS) is 12.6. The predicted octanol–water partition coefficient (Wildman–Crippen LogP) is 1.96. The van der Waals surface area contributed by atoms with Gasteiger partial charge in [-0.2, -0.15) is 8.42 Å². The van der Waals surface area contributed by atoms with Crippen molar-refractivity contribution in [2.75, 3.05) is 0 Å². The molecule has 0 spiro atoms. The highest BCUT2D eigenvalue weighted by atomic mass is 35.5. The van der Waals surface area contributed by atoms with Gasteiger partial charge in [-0.3, -0.25) is 0 Å². The molecule has 0 bridgehead atoms. The van der Waals surface area contributed by atoms with E-state index in [9.17, 15) is 16.8 Å². The molecular formula is C13H10ClN3O4S2. The van der Waals surface area contributed by atoms with Crippen LogP contribution in [0, 0.1) is 6.92 Å². The standard InChI is InChI=1S/C13H10ClN3O4S2/c1-9-2-4-10(5-3-9)22(18,19)23(20,21)17-7-6-11-12(14)15-8-16-13(11)17/h2-8H,1H3. The minimum absolute atomic E-state index is 0.0386. The fourth-order valence-electron chi connectivity index (χ4n) is 2.01. The number of hydrogen-bond acceptors (Lipinski definition) is 6. The van der Waals surface area contributed by atoms with Crippen LogP contribution in [0.15, 0.2) is 47.8 Å². The number of hydrogen-bond donors (Lipinski definition) is 0. The largest absolute Gasteiger partial charge is 0.351 e. The number of aryl methyl sites for hydroxylation is 1. The Labute approximate surface area is 136 Å². The second-order valence-corrected chi connectivity index (χ2v) is 10.3. The molecule has 10 heteroatoms. The summed E-state index contributed by atoms with van der Waals surface area (Å²) in [5.41, 5.74) is 0.716. The smallest absolute Gasteiger partial charge is 0.224 e. The van der Waals surface area contributed by atoms with Crippen LogP contribution in [0.5, 0.6) is 0 Å². The van der Waals surface area contributed by atoms with Crippen LogP contribution in [0.1, 0.15) is 5.56 Å². The number of aromatic nitrogens is 3. The number of rotatable bonds is 3. The molecular weight excluding hydrogens is 362 g/mol. The number of nitrogens with zero attached hydrogens (tertiary/aromatic N) is 3. The second-order valence-electron chi connectivity index (χ2n) is 4.74. The van der Waals surface area contributed by atoms with Crippen molar-refractivity contribution in [2.24, 2.45) is 0 Å². The van der Waals surface area contributed by atoms with Crippen molar-refractivity contribution < 1.29 is 16.8 Å². The molecule has 3 rings (SSSR count). The molecule has 3 aromatic rings. The maximum absolute atomic E-state index is 12.6. The molecule has 2 heterocycles. The van der Waals surface area contributed by atoms with Gasteiger partial charge in [0.2, 0.25) is 0 Å². The van der Waals surface area contributed by atoms with Crippen molar-refractivity contribution in [2.45, 2.75) is 11.8 Å². The van der Waals surface area contributed by atoms with E-state index in [-0.39, 0.29) is 21.1 Å². The van der Waals surface area contributed by atoms with Gasteiger partial charge >= 0.3 is 17.9 Å². The molecule has 0 unspecified atom stereocenters. The molecule has 0 aliphatic heterocycles. The topological polar surface area (TPSA) is 99.0 Å². The molecule has 0 saturated carbocycles. The minimum Gasteiger partial charge on any atom is -0.224 e. The molecule has 23 heavy (non-hydrogen) atoms. The van der Waals surface area contributed by atoms with Crippen molar-refractivity contribution in [1.29, 1.82) is 0 Å². The Morgan fingerprint density at radius 2 is 1.65 bits per heavy atom. The van der Waals surface area contributed by atoms with Crippen LogP contribution in [0.3, 0.4) is 0 Å². The van der Waals surface area contributed by atoms with Gasteiger partial charge in [-0.1, -0.05) is 29.3 Å². The molecule has 0 aliphatic rings. The zero-order valence-corrected chi connectivity index (χ0v) is 14.1. The van der Waals surface area contributed by atoms with Crippen molar-refractivity contribution in [3.63, 3.8) is 0 Å². The van der Waals surface area contributed by atoms with E-state index in [2.05, 4.69) is 9.97 Å². The summed E-state index contributed by atoms with van der Waals surface area (Å²) in [6.07, 6.45) is 2.15. The lowest BCUT2D eigenvalue weighted by molar-refractivity contribution is 0.578. The average molecular weight is 372 g/mol. The summed E-state index contributed by atoms with van der Waals surface area (Å²) in [5.74, 6) is 0. The molecule has 0 radical (unpaired) electrons. The Bertz CT molecular complexity index is 1100. The summed E-state index contributed by atoms with van der Waals surface area (Å²) in [7, 11) is -9.42. The molecule has 0 aliphatic carbocycles. The first-order valence-corrected chi connectivity index (χ1v) is 10.1. The van der Waals surface area contributed by atoms with E-state index in [1.165, 1.54) is 30.3 Å². The number of halogens is 1.